The first-order valence-corrected chi connectivity index (χ1v) is 9.08. The Hall–Kier alpha value is -3.39. The zero-order chi connectivity index (χ0) is 21.9. The van der Waals surface area contributed by atoms with E-state index >= 15 is 0 Å². The van der Waals surface area contributed by atoms with Gasteiger partial charge in [0.1, 0.15) is 6.04 Å². The van der Waals surface area contributed by atoms with Crippen molar-refractivity contribution in [3.8, 4) is 0 Å². The first kappa shape index (κ1) is 21.3. The van der Waals surface area contributed by atoms with Crippen molar-refractivity contribution in [3.63, 3.8) is 0 Å². The van der Waals surface area contributed by atoms with Crippen molar-refractivity contribution in [1.29, 1.82) is 0 Å². The van der Waals surface area contributed by atoms with Crippen molar-refractivity contribution in [2.45, 2.75) is 24.7 Å². The molecule has 0 heterocycles. The number of aliphatic hydroxyl groups excluding tert-OH is 1. The van der Waals surface area contributed by atoms with Gasteiger partial charge < -0.3 is 16.2 Å². The second-order valence-corrected chi connectivity index (χ2v) is 6.83. The Kier molecular flexibility index (Phi) is 6.07. The van der Waals surface area contributed by atoms with Crippen molar-refractivity contribution in [2.24, 2.45) is 5.73 Å². The van der Waals surface area contributed by atoms with E-state index in [0.717, 1.165) is 40.6 Å². The molecule has 3 aromatic rings. The van der Waals surface area contributed by atoms with Crippen LogP contribution in [0.2, 0.25) is 0 Å². The van der Waals surface area contributed by atoms with Crippen LogP contribution in [0.15, 0.2) is 66.7 Å². The zero-order valence-electron chi connectivity index (χ0n) is 15.7. The number of benzene rings is 3. The Bertz CT molecular complexity index is 1060. The number of carbonyl (C=O) groups is 2. The molecule has 8 heteroatoms. The summed E-state index contributed by atoms with van der Waals surface area (Å²) >= 11 is 0. The first-order chi connectivity index (χ1) is 14.2. The smallest absolute Gasteiger partial charge is 0.378 e. The number of hydrogen-bond acceptors (Lipinski definition) is 3. The molecule has 4 N–H and O–H groups in total. The van der Waals surface area contributed by atoms with Crippen molar-refractivity contribution in [3.05, 3.63) is 83.4 Å². The Morgan fingerprint density at radius 3 is 2.23 bits per heavy atom. The first-order valence-electron chi connectivity index (χ1n) is 9.08. The molecule has 0 saturated heterocycles. The molecule has 3 rings (SSSR count). The van der Waals surface area contributed by atoms with Gasteiger partial charge in [0.25, 0.3) is 5.91 Å². The van der Waals surface area contributed by atoms with E-state index in [1.54, 1.807) is 6.07 Å². The highest BCUT2D eigenvalue weighted by molar-refractivity contribution is 5.91. The molecule has 5 nitrogen and oxygen atoms in total. The lowest BCUT2D eigenvalue weighted by atomic mass is 9.98. The van der Waals surface area contributed by atoms with Crippen molar-refractivity contribution in [1.82, 2.24) is 5.32 Å². The van der Waals surface area contributed by atoms with Gasteiger partial charge in [0.2, 0.25) is 5.91 Å². The third-order valence-corrected chi connectivity index (χ3v) is 4.77. The number of alkyl halides is 3. The molecule has 0 spiro atoms. The van der Waals surface area contributed by atoms with Crippen LogP contribution < -0.4 is 11.1 Å². The average molecular weight is 416 g/mol. The molecule has 0 aliphatic heterocycles. The Morgan fingerprint density at radius 2 is 1.60 bits per heavy atom. The Balaban J connectivity index is 1.76. The molecule has 0 aliphatic rings. The van der Waals surface area contributed by atoms with E-state index in [2.05, 4.69) is 5.32 Å². The average Bonchev–Trinajstić information content (AvgIpc) is 2.72. The summed E-state index contributed by atoms with van der Waals surface area (Å²) in [6.45, 7) is 0. The van der Waals surface area contributed by atoms with Crippen LogP contribution in [0.5, 0.6) is 0 Å². The van der Waals surface area contributed by atoms with E-state index in [-0.39, 0.29) is 12.0 Å². The Morgan fingerprint density at radius 1 is 0.967 bits per heavy atom. The highest BCUT2D eigenvalue weighted by Gasteiger charge is 2.31. The van der Waals surface area contributed by atoms with E-state index in [9.17, 15) is 27.9 Å². The minimum Gasteiger partial charge on any atom is -0.378 e. The SMILES string of the molecule is NC(=O)[C@H](Cc1cccc2ccccc12)NC(=O)[C@@H](O)c1ccc(C(F)(F)F)cc1. The van der Waals surface area contributed by atoms with Crippen molar-refractivity contribution in [2.75, 3.05) is 0 Å². The van der Waals surface area contributed by atoms with Gasteiger partial charge in [-0.2, -0.15) is 13.2 Å². The van der Waals surface area contributed by atoms with E-state index < -0.39 is 35.7 Å². The fourth-order valence-electron chi connectivity index (χ4n) is 3.17. The second-order valence-electron chi connectivity index (χ2n) is 6.83. The predicted molar refractivity (Wildman–Crippen MR) is 105 cm³/mol. The van der Waals surface area contributed by atoms with Crippen LogP contribution in [0.3, 0.4) is 0 Å². The molecule has 30 heavy (non-hydrogen) atoms. The molecule has 0 saturated carbocycles. The lowest BCUT2D eigenvalue weighted by molar-refractivity contribution is -0.137. The molecule has 156 valence electrons. The van der Waals surface area contributed by atoms with Gasteiger partial charge in [-0.25, -0.2) is 0 Å². The third kappa shape index (κ3) is 4.77. The number of halogens is 3. The van der Waals surface area contributed by atoms with Gasteiger partial charge in [-0.15, -0.1) is 0 Å². The molecular weight excluding hydrogens is 397 g/mol. The predicted octanol–water partition coefficient (Wildman–Crippen LogP) is 3.10. The number of nitrogens with two attached hydrogens (primary N) is 1. The fraction of sp³-hybridized carbons (Fsp3) is 0.182. The van der Waals surface area contributed by atoms with E-state index in [0.29, 0.717) is 0 Å². The summed E-state index contributed by atoms with van der Waals surface area (Å²) in [5, 5.41) is 14.4. The van der Waals surface area contributed by atoms with Crippen LogP contribution >= 0.6 is 0 Å². The van der Waals surface area contributed by atoms with Gasteiger partial charge in [-0.3, -0.25) is 9.59 Å². The van der Waals surface area contributed by atoms with Crippen LogP contribution in [0, 0.1) is 0 Å². The molecule has 0 bridgehead atoms. The second kappa shape index (κ2) is 8.54. The van der Waals surface area contributed by atoms with Crippen LogP contribution in [0.4, 0.5) is 13.2 Å². The number of fused-ring (bicyclic) bond motifs is 1. The van der Waals surface area contributed by atoms with Gasteiger partial charge in [0, 0.05) is 6.42 Å². The quantitative estimate of drug-likeness (QED) is 0.577. The summed E-state index contributed by atoms with van der Waals surface area (Å²) in [6.07, 6.45) is -6.18. The summed E-state index contributed by atoms with van der Waals surface area (Å²) in [5.41, 5.74) is 5.27. The summed E-state index contributed by atoms with van der Waals surface area (Å²) < 4.78 is 38.0. The number of amides is 2. The van der Waals surface area contributed by atoms with Crippen LogP contribution in [-0.4, -0.2) is 23.0 Å². The van der Waals surface area contributed by atoms with Gasteiger partial charge in [-0.05, 0) is 34.0 Å². The van der Waals surface area contributed by atoms with Gasteiger partial charge in [-0.1, -0.05) is 54.6 Å². The Labute approximate surface area is 170 Å². The number of rotatable bonds is 6. The number of primary amides is 1. The topological polar surface area (TPSA) is 92.4 Å². The van der Waals surface area contributed by atoms with E-state index in [1.807, 2.05) is 36.4 Å². The molecule has 2 amide bonds. The molecule has 0 aromatic heterocycles. The normalized spacial score (nSPS) is 13.6. The maximum Gasteiger partial charge on any atom is 0.416 e. The minimum atomic E-state index is -4.53. The highest BCUT2D eigenvalue weighted by Crippen LogP contribution is 2.30. The van der Waals surface area contributed by atoms with Crippen molar-refractivity contribution < 1.29 is 27.9 Å². The molecule has 0 unspecified atom stereocenters. The zero-order valence-corrected chi connectivity index (χ0v) is 15.7. The minimum absolute atomic E-state index is 0.0334. The lowest BCUT2D eigenvalue weighted by Crippen LogP contribution is -2.47. The lowest BCUT2D eigenvalue weighted by Gasteiger charge is -2.19. The van der Waals surface area contributed by atoms with Gasteiger partial charge >= 0.3 is 6.18 Å². The molecule has 0 fully saturated rings. The van der Waals surface area contributed by atoms with E-state index in [4.69, 9.17) is 5.73 Å². The van der Waals surface area contributed by atoms with Crippen LogP contribution in [-0.2, 0) is 22.2 Å². The summed E-state index contributed by atoms with van der Waals surface area (Å²) in [7, 11) is 0. The molecule has 2 atom stereocenters. The van der Waals surface area contributed by atoms with Crippen LogP contribution in [0.1, 0.15) is 22.8 Å². The molecular formula is C22H19F3N2O3. The fourth-order valence-corrected chi connectivity index (χ4v) is 3.17. The highest BCUT2D eigenvalue weighted by atomic mass is 19.4. The number of hydrogen-bond donors (Lipinski definition) is 3. The third-order valence-electron chi connectivity index (χ3n) is 4.77. The number of aliphatic hydroxyl groups is 1. The standard InChI is InChI=1S/C22H19F3N2O3/c23-22(24,25)16-10-8-14(9-11-16)19(28)21(30)27-18(20(26)29)12-15-6-3-5-13-4-1-2-7-17(13)15/h1-11,18-19,28H,12H2,(H2,26,29)(H,27,30)/t18-,19-/m0/s1. The number of carbonyl (C=O) groups excluding carboxylic acids is 2. The van der Waals surface area contributed by atoms with Gasteiger partial charge in [0.05, 0.1) is 5.56 Å². The largest absolute Gasteiger partial charge is 0.416 e. The number of nitrogens with one attached hydrogen (secondary N) is 1. The van der Waals surface area contributed by atoms with Crippen molar-refractivity contribution >= 4 is 22.6 Å². The summed E-state index contributed by atoms with van der Waals surface area (Å²) in [5.74, 6) is -1.73. The summed E-state index contributed by atoms with van der Waals surface area (Å²) in [4.78, 5) is 24.3. The van der Waals surface area contributed by atoms with E-state index in [1.165, 1.54) is 0 Å². The maximum absolute atomic E-state index is 12.7. The van der Waals surface area contributed by atoms with Gasteiger partial charge in [0.15, 0.2) is 6.10 Å². The monoisotopic (exact) mass is 416 g/mol. The van der Waals surface area contributed by atoms with Crippen LogP contribution in [0.25, 0.3) is 10.8 Å². The summed E-state index contributed by atoms with van der Waals surface area (Å²) in [6, 6.07) is 15.5. The molecule has 3 aromatic carbocycles. The molecule has 0 aliphatic carbocycles. The molecule has 0 radical (unpaired) electrons. The maximum atomic E-state index is 12.7.